The molecule has 1 aromatic carbocycles. The van der Waals surface area contributed by atoms with Crippen molar-refractivity contribution in [2.45, 2.75) is 32.1 Å². The fraction of sp³-hybridized carbons (Fsp3) is 0.385. The van der Waals surface area contributed by atoms with E-state index in [1.165, 1.54) is 28.2 Å². The summed E-state index contributed by atoms with van der Waals surface area (Å²) in [5.41, 5.74) is 2.76. The SMILES string of the molecule is C=C.CCCSc1cc(C)ccc1C. The number of rotatable bonds is 3. The van der Waals surface area contributed by atoms with Crippen LogP contribution in [-0.2, 0) is 0 Å². The van der Waals surface area contributed by atoms with Gasteiger partial charge in [-0.3, -0.25) is 0 Å². The molecule has 0 bridgehead atoms. The van der Waals surface area contributed by atoms with Crippen LogP contribution in [0.5, 0.6) is 0 Å². The van der Waals surface area contributed by atoms with E-state index in [1.54, 1.807) is 0 Å². The van der Waals surface area contributed by atoms with Crippen LogP contribution in [0, 0.1) is 13.8 Å². The quantitative estimate of drug-likeness (QED) is 0.516. The first-order valence-electron chi connectivity index (χ1n) is 4.94. The maximum Gasteiger partial charge on any atom is 0.0104 e. The predicted molar refractivity (Wildman–Crippen MR) is 68.2 cm³/mol. The first kappa shape index (κ1) is 13.3. The van der Waals surface area contributed by atoms with Gasteiger partial charge in [-0.2, -0.15) is 0 Å². The number of aryl methyl sites for hydroxylation is 2. The lowest BCUT2D eigenvalue weighted by Crippen LogP contribution is -1.82. The molecule has 78 valence electrons. The van der Waals surface area contributed by atoms with Crippen LogP contribution in [0.15, 0.2) is 36.3 Å². The second kappa shape index (κ2) is 7.69. The van der Waals surface area contributed by atoms with E-state index in [0.717, 1.165) is 0 Å². The molecule has 0 aliphatic carbocycles. The Morgan fingerprint density at radius 3 is 2.43 bits per heavy atom. The number of thioether (sulfide) groups is 1. The second-order valence-corrected chi connectivity index (χ2v) is 4.25. The topological polar surface area (TPSA) is 0 Å². The van der Waals surface area contributed by atoms with E-state index in [-0.39, 0.29) is 0 Å². The molecular formula is C13H20S. The largest absolute Gasteiger partial charge is 0.126 e. The fourth-order valence-corrected chi connectivity index (χ4v) is 2.06. The Hall–Kier alpha value is -0.690. The van der Waals surface area contributed by atoms with Crippen molar-refractivity contribution in [1.29, 1.82) is 0 Å². The molecule has 0 aromatic heterocycles. The van der Waals surface area contributed by atoms with E-state index < -0.39 is 0 Å². The predicted octanol–water partition coefficient (Wildman–Crippen LogP) is 4.61. The summed E-state index contributed by atoms with van der Waals surface area (Å²) in [5, 5.41) is 0. The lowest BCUT2D eigenvalue weighted by atomic mass is 10.2. The van der Waals surface area contributed by atoms with Crippen LogP contribution in [-0.4, -0.2) is 5.75 Å². The van der Waals surface area contributed by atoms with Crippen molar-refractivity contribution in [3.63, 3.8) is 0 Å². The van der Waals surface area contributed by atoms with Gasteiger partial charge in [0.15, 0.2) is 0 Å². The molecular weight excluding hydrogens is 188 g/mol. The summed E-state index contributed by atoms with van der Waals surface area (Å²) in [4.78, 5) is 1.44. The first-order chi connectivity index (χ1) is 6.74. The monoisotopic (exact) mass is 208 g/mol. The van der Waals surface area contributed by atoms with Crippen LogP contribution in [0.25, 0.3) is 0 Å². The van der Waals surface area contributed by atoms with Crippen molar-refractivity contribution in [2.24, 2.45) is 0 Å². The van der Waals surface area contributed by atoms with Crippen LogP contribution in [0.3, 0.4) is 0 Å². The Balaban J connectivity index is 0.000000791. The molecule has 0 nitrogen and oxygen atoms in total. The summed E-state index contributed by atoms with van der Waals surface area (Å²) in [6.45, 7) is 12.5. The molecule has 1 rings (SSSR count). The zero-order chi connectivity index (χ0) is 11.0. The molecule has 0 fully saturated rings. The molecule has 0 N–H and O–H groups in total. The average Bonchev–Trinajstić information content (AvgIpc) is 2.22. The van der Waals surface area contributed by atoms with Crippen molar-refractivity contribution >= 4 is 11.8 Å². The molecule has 0 atom stereocenters. The van der Waals surface area contributed by atoms with Gasteiger partial charge < -0.3 is 0 Å². The lowest BCUT2D eigenvalue weighted by Gasteiger charge is -2.04. The van der Waals surface area contributed by atoms with Gasteiger partial charge in [0.2, 0.25) is 0 Å². The second-order valence-electron chi connectivity index (χ2n) is 3.12. The molecule has 0 heterocycles. The van der Waals surface area contributed by atoms with Gasteiger partial charge in [0.1, 0.15) is 0 Å². The molecule has 0 spiro atoms. The molecule has 0 amide bonds. The van der Waals surface area contributed by atoms with Crippen molar-refractivity contribution in [3.05, 3.63) is 42.5 Å². The van der Waals surface area contributed by atoms with Crippen LogP contribution in [0.4, 0.5) is 0 Å². The Morgan fingerprint density at radius 1 is 1.21 bits per heavy atom. The van der Waals surface area contributed by atoms with Crippen molar-refractivity contribution in [3.8, 4) is 0 Å². The lowest BCUT2D eigenvalue weighted by molar-refractivity contribution is 1.10. The normalized spacial score (nSPS) is 9.07. The summed E-state index contributed by atoms with van der Waals surface area (Å²) in [6, 6.07) is 6.65. The highest BCUT2D eigenvalue weighted by Gasteiger charge is 1.97. The van der Waals surface area contributed by atoms with Gasteiger partial charge in [-0.15, -0.1) is 24.9 Å². The summed E-state index contributed by atoms with van der Waals surface area (Å²) in [6.07, 6.45) is 1.25. The Kier molecular flexibility index (Phi) is 7.31. The van der Waals surface area contributed by atoms with Gasteiger partial charge >= 0.3 is 0 Å². The molecule has 0 aliphatic heterocycles. The van der Waals surface area contributed by atoms with E-state index in [9.17, 15) is 0 Å². The molecule has 0 aliphatic rings. The highest BCUT2D eigenvalue weighted by Crippen LogP contribution is 2.23. The summed E-state index contributed by atoms with van der Waals surface area (Å²) in [5.74, 6) is 1.23. The average molecular weight is 208 g/mol. The van der Waals surface area contributed by atoms with Crippen molar-refractivity contribution < 1.29 is 0 Å². The van der Waals surface area contributed by atoms with E-state index in [0.29, 0.717) is 0 Å². The van der Waals surface area contributed by atoms with Crippen LogP contribution in [0.2, 0.25) is 0 Å². The standard InChI is InChI=1S/C11H16S.C2H4/c1-4-7-12-11-8-9(2)5-6-10(11)3;1-2/h5-6,8H,4,7H2,1-3H3;1-2H2. The summed E-state index contributed by atoms with van der Waals surface area (Å²) in [7, 11) is 0. The summed E-state index contributed by atoms with van der Waals surface area (Å²) >= 11 is 1.96. The smallest absolute Gasteiger partial charge is 0.0104 e. The van der Waals surface area contributed by atoms with E-state index in [1.807, 2.05) is 11.8 Å². The van der Waals surface area contributed by atoms with Gasteiger partial charge in [-0.1, -0.05) is 24.6 Å². The van der Waals surface area contributed by atoms with Crippen LogP contribution < -0.4 is 0 Å². The number of hydrogen-bond acceptors (Lipinski definition) is 1. The maximum atomic E-state index is 3.00. The maximum absolute atomic E-state index is 3.00. The zero-order valence-corrected chi connectivity index (χ0v) is 10.3. The van der Waals surface area contributed by atoms with Gasteiger partial charge in [0.25, 0.3) is 0 Å². The zero-order valence-electron chi connectivity index (χ0n) is 9.47. The highest BCUT2D eigenvalue weighted by molar-refractivity contribution is 7.99. The highest BCUT2D eigenvalue weighted by atomic mass is 32.2. The third-order valence-corrected chi connectivity index (χ3v) is 3.17. The van der Waals surface area contributed by atoms with Crippen molar-refractivity contribution in [1.82, 2.24) is 0 Å². The summed E-state index contributed by atoms with van der Waals surface area (Å²) < 4.78 is 0. The molecule has 0 unspecified atom stereocenters. The third-order valence-electron chi connectivity index (χ3n) is 1.81. The van der Waals surface area contributed by atoms with E-state index in [2.05, 4.69) is 52.1 Å². The minimum atomic E-state index is 1.23. The molecule has 0 radical (unpaired) electrons. The number of hydrogen-bond donors (Lipinski definition) is 0. The molecule has 14 heavy (non-hydrogen) atoms. The fourth-order valence-electron chi connectivity index (χ4n) is 1.07. The minimum Gasteiger partial charge on any atom is -0.126 e. The van der Waals surface area contributed by atoms with Gasteiger partial charge in [-0.05, 0) is 37.7 Å². The molecule has 1 heteroatoms. The first-order valence-corrected chi connectivity index (χ1v) is 5.92. The van der Waals surface area contributed by atoms with Crippen LogP contribution >= 0.6 is 11.8 Å². The van der Waals surface area contributed by atoms with Gasteiger partial charge in [0.05, 0.1) is 0 Å². The van der Waals surface area contributed by atoms with E-state index in [4.69, 9.17) is 0 Å². The van der Waals surface area contributed by atoms with E-state index >= 15 is 0 Å². The molecule has 0 saturated heterocycles. The van der Waals surface area contributed by atoms with Crippen LogP contribution in [0.1, 0.15) is 24.5 Å². The van der Waals surface area contributed by atoms with Gasteiger partial charge in [-0.25, -0.2) is 0 Å². The minimum absolute atomic E-state index is 1.23. The Bertz CT molecular complexity index is 266. The molecule has 1 aromatic rings. The Morgan fingerprint density at radius 2 is 1.86 bits per heavy atom. The Labute approximate surface area is 92.4 Å². The third kappa shape index (κ3) is 4.52. The number of benzene rings is 1. The molecule has 0 saturated carbocycles. The van der Waals surface area contributed by atoms with Gasteiger partial charge in [0, 0.05) is 4.90 Å². The van der Waals surface area contributed by atoms with Crippen molar-refractivity contribution in [2.75, 3.05) is 5.75 Å².